The fourth-order valence-electron chi connectivity index (χ4n) is 7.36. The first-order chi connectivity index (χ1) is 26.3. The Hall–Kier alpha value is -4.65. The van der Waals surface area contributed by atoms with Gasteiger partial charge in [0.15, 0.2) is 0 Å². The van der Waals surface area contributed by atoms with Crippen LogP contribution in [0.1, 0.15) is 81.5 Å². The number of amides is 2. The number of halogens is 1. The van der Waals surface area contributed by atoms with Crippen molar-refractivity contribution < 1.29 is 9.53 Å². The smallest absolute Gasteiger partial charge is 0.320 e. The van der Waals surface area contributed by atoms with Gasteiger partial charge in [-0.3, -0.25) is 25.6 Å². The number of hydrogen-bond donors (Lipinski definition) is 6. The molecule has 0 saturated carbocycles. The van der Waals surface area contributed by atoms with Crippen LogP contribution in [0.15, 0.2) is 72.7 Å². The van der Waals surface area contributed by atoms with E-state index in [1.54, 1.807) is 29.0 Å². The van der Waals surface area contributed by atoms with E-state index < -0.39 is 5.41 Å². The highest BCUT2D eigenvalue weighted by atomic mass is 35.5. The fraction of sp³-hybridized carbons (Fsp3) is 0.476. The SMILES string of the molecule is CN1CCN(Cc2cc(N/C(=C\C(=N)C(C)(C)C)NC(=O)N[C@H]3CC[C@@H](COc4ccc(=N)n(C(=N)N5CCCCC5)c4)c4ccccc43)ccc2Cl)CC1. The highest BCUT2D eigenvalue weighted by Crippen LogP contribution is 2.38. The number of nitrogens with zero attached hydrogens (tertiary/aromatic N) is 4. The zero-order chi connectivity index (χ0) is 39.1. The molecule has 12 nitrogen and oxygen atoms in total. The number of carbonyl (C=O) groups is 1. The van der Waals surface area contributed by atoms with Gasteiger partial charge >= 0.3 is 6.03 Å². The minimum absolute atomic E-state index is 0.109. The zero-order valence-corrected chi connectivity index (χ0v) is 33.4. The number of benzene rings is 2. The summed E-state index contributed by atoms with van der Waals surface area (Å²) in [6, 6.07) is 16.9. The summed E-state index contributed by atoms with van der Waals surface area (Å²) in [7, 11) is 2.14. The van der Waals surface area contributed by atoms with Gasteiger partial charge in [-0.25, -0.2) is 4.79 Å². The number of urea groups is 1. The lowest BCUT2D eigenvalue weighted by molar-refractivity contribution is 0.148. The van der Waals surface area contributed by atoms with Crippen LogP contribution in [0, 0.1) is 21.6 Å². The van der Waals surface area contributed by atoms with E-state index in [4.69, 9.17) is 32.6 Å². The number of hydrogen-bond acceptors (Lipinski definition) is 8. The molecule has 0 unspecified atom stereocenters. The number of aromatic nitrogens is 1. The van der Waals surface area contributed by atoms with E-state index in [-0.39, 0.29) is 23.5 Å². The molecular formula is C42H57ClN10O2. The Morgan fingerprint density at radius 3 is 2.40 bits per heavy atom. The molecule has 2 saturated heterocycles. The van der Waals surface area contributed by atoms with Crippen LogP contribution in [0.5, 0.6) is 5.75 Å². The number of likely N-dealkylation sites (N-methyl/N-ethyl adjacent to an activating group) is 1. The Kier molecular flexibility index (Phi) is 13.0. The van der Waals surface area contributed by atoms with Crippen LogP contribution >= 0.6 is 11.6 Å². The number of ether oxygens (including phenoxy) is 1. The van der Waals surface area contributed by atoms with Crippen molar-refractivity contribution in [3.8, 4) is 5.75 Å². The molecule has 13 heteroatoms. The quantitative estimate of drug-likeness (QED) is 0.0972. The maximum absolute atomic E-state index is 13.7. The molecule has 2 aromatic carbocycles. The summed E-state index contributed by atoms with van der Waals surface area (Å²) in [4.78, 5) is 20.5. The van der Waals surface area contributed by atoms with Crippen molar-refractivity contribution >= 4 is 35.0 Å². The number of fused-ring (bicyclic) bond motifs is 1. The summed E-state index contributed by atoms with van der Waals surface area (Å²) in [6.45, 7) is 12.7. The Morgan fingerprint density at radius 1 is 0.945 bits per heavy atom. The number of rotatable bonds is 10. The van der Waals surface area contributed by atoms with Crippen molar-refractivity contribution in [2.45, 2.75) is 71.4 Å². The fourth-order valence-corrected chi connectivity index (χ4v) is 7.53. The number of allylic oxidation sites excluding steroid dienone is 1. The lowest BCUT2D eigenvalue weighted by atomic mass is 9.80. The van der Waals surface area contributed by atoms with Crippen LogP contribution in [0.4, 0.5) is 10.5 Å². The second-order valence-electron chi connectivity index (χ2n) is 16.1. The summed E-state index contributed by atoms with van der Waals surface area (Å²) in [6.07, 6.45) is 8.25. The highest BCUT2D eigenvalue weighted by molar-refractivity contribution is 6.31. The van der Waals surface area contributed by atoms with E-state index in [2.05, 4.69) is 44.9 Å². The topological polar surface area (TPSA) is 149 Å². The van der Waals surface area contributed by atoms with Gasteiger partial charge in [0, 0.05) is 79.6 Å². The Labute approximate surface area is 330 Å². The summed E-state index contributed by atoms with van der Waals surface area (Å²) in [5, 5.41) is 36.2. The van der Waals surface area contributed by atoms with E-state index in [0.29, 0.717) is 34.9 Å². The molecule has 2 aliphatic heterocycles. The third-order valence-electron chi connectivity index (χ3n) is 10.8. The van der Waals surface area contributed by atoms with E-state index >= 15 is 0 Å². The van der Waals surface area contributed by atoms with Gasteiger partial charge in [0.05, 0.1) is 18.8 Å². The molecule has 1 aliphatic carbocycles. The number of carbonyl (C=O) groups excluding carboxylic acids is 1. The van der Waals surface area contributed by atoms with Crippen molar-refractivity contribution in [1.29, 1.82) is 16.2 Å². The van der Waals surface area contributed by atoms with Crippen molar-refractivity contribution in [2.75, 3.05) is 58.2 Å². The van der Waals surface area contributed by atoms with Gasteiger partial charge in [0.2, 0.25) is 5.96 Å². The second kappa shape index (κ2) is 17.9. The van der Waals surface area contributed by atoms with Crippen molar-refractivity contribution in [3.05, 3.63) is 99.9 Å². The van der Waals surface area contributed by atoms with E-state index in [1.807, 2.05) is 56.0 Å². The lowest BCUT2D eigenvalue weighted by Crippen LogP contribution is -2.43. The first kappa shape index (κ1) is 40.0. The first-order valence-electron chi connectivity index (χ1n) is 19.5. The molecule has 2 fully saturated rings. The average molecular weight is 769 g/mol. The summed E-state index contributed by atoms with van der Waals surface area (Å²) < 4.78 is 7.91. The van der Waals surface area contributed by atoms with Crippen LogP contribution in [0.2, 0.25) is 5.02 Å². The maximum atomic E-state index is 13.7. The monoisotopic (exact) mass is 768 g/mol. The molecule has 55 heavy (non-hydrogen) atoms. The number of likely N-dealkylation sites (tertiary alicyclic amines) is 1. The first-order valence-corrected chi connectivity index (χ1v) is 19.9. The molecule has 6 rings (SSSR count). The van der Waals surface area contributed by atoms with Crippen LogP contribution in [0.3, 0.4) is 0 Å². The molecule has 3 aliphatic rings. The Morgan fingerprint density at radius 2 is 1.67 bits per heavy atom. The Bertz CT molecular complexity index is 1940. The van der Waals surface area contributed by atoms with Crippen LogP contribution in [-0.2, 0) is 6.54 Å². The molecule has 3 aromatic rings. The summed E-state index contributed by atoms with van der Waals surface area (Å²) in [5.74, 6) is 1.45. The van der Waals surface area contributed by atoms with Gasteiger partial charge in [-0.05, 0) is 86.2 Å². The van der Waals surface area contributed by atoms with Crippen LogP contribution in [-0.4, -0.2) is 89.9 Å². The van der Waals surface area contributed by atoms with E-state index in [9.17, 15) is 4.79 Å². The van der Waals surface area contributed by atoms with Gasteiger partial charge < -0.3 is 30.6 Å². The van der Waals surface area contributed by atoms with Gasteiger partial charge in [-0.15, -0.1) is 0 Å². The molecular weight excluding hydrogens is 712 g/mol. The number of piperidine rings is 1. The summed E-state index contributed by atoms with van der Waals surface area (Å²) in [5.41, 5.74) is 4.16. The third kappa shape index (κ3) is 10.6. The summed E-state index contributed by atoms with van der Waals surface area (Å²) >= 11 is 6.65. The van der Waals surface area contributed by atoms with Gasteiger partial charge in [0.1, 0.15) is 17.1 Å². The van der Waals surface area contributed by atoms with Gasteiger partial charge in [-0.1, -0.05) is 56.6 Å². The molecule has 294 valence electrons. The van der Waals surface area contributed by atoms with Crippen molar-refractivity contribution in [2.24, 2.45) is 5.41 Å². The number of anilines is 1. The molecule has 2 amide bonds. The largest absolute Gasteiger partial charge is 0.491 e. The third-order valence-corrected chi connectivity index (χ3v) is 11.2. The molecule has 1 aromatic heterocycles. The Balaban J connectivity index is 1.12. The minimum atomic E-state index is -0.421. The molecule has 3 heterocycles. The number of pyridine rings is 1. The van der Waals surface area contributed by atoms with E-state index in [1.165, 1.54) is 6.42 Å². The van der Waals surface area contributed by atoms with E-state index in [0.717, 1.165) is 93.9 Å². The zero-order valence-electron chi connectivity index (χ0n) is 32.7. The minimum Gasteiger partial charge on any atom is -0.491 e. The van der Waals surface area contributed by atoms with Gasteiger partial charge in [0.25, 0.3) is 0 Å². The molecule has 6 N–H and O–H groups in total. The predicted molar refractivity (Wildman–Crippen MR) is 220 cm³/mol. The lowest BCUT2D eigenvalue weighted by Gasteiger charge is -2.32. The molecule has 0 radical (unpaired) electrons. The second-order valence-corrected chi connectivity index (χ2v) is 16.5. The van der Waals surface area contributed by atoms with Crippen LogP contribution < -0.4 is 26.2 Å². The molecule has 2 atom stereocenters. The van der Waals surface area contributed by atoms with Crippen molar-refractivity contribution in [3.63, 3.8) is 0 Å². The van der Waals surface area contributed by atoms with Gasteiger partial charge in [-0.2, -0.15) is 0 Å². The average Bonchev–Trinajstić information content (AvgIpc) is 3.17. The van der Waals surface area contributed by atoms with Crippen molar-refractivity contribution in [1.82, 2.24) is 29.9 Å². The van der Waals surface area contributed by atoms with Crippen LogP contribution in [0.25, 0.3) is 0 Å². The normalized spacial score (nSPS) is 19.7. The number of nitrogens with one attached hydrogen (secondary N) is 6. The number of piperazine rings is 1. The predicted octanol–water partition coefficient (Wildman–Crippen LogP) is 6.95. The molecule has 0 spiro atoms. The maximum Gasteiger partial charge on any atom is 0.320 e. The molecule has 0 bridgehead atoms. The standard InChI is InChI=1S/C42H57ClN10O2/c1-42(2,3)37(44)25-39(47-31-13-15-35(43)30(24-31)26-51-22-20-50(4)21-23-51)49-41(54)48-36-16-12-29(33-10-6-7-11-34(33)36)28-55-32-14-17-38(45)53(27-32)40(46)52-18-8-5-9-19-52/h6-7,10-11,13-15,17,24-25,27,29,36,44-47H,5,8-9,12,16,18-23,26,28H2,1-4H3,(H2,48,49,54)/b39-25+,44-37?,45-38?,46-40?/t29-,36-/m0/s1. The highest BCUT2D eigenvalue weighted by Gasteiger charge is 2.29.